The second kappa shape index (κ2) is 11.1. The molecule has 1 amide bonds. The minimum absolute atomic E-state index is 0.0782. The summed E-state index contributed by atoms with van der Waals surface area (Å²) in [4.78, 5) is 18.3. The number of hydrogen-bond acceptors (Lipinski definition) is 8. The standard InChI is InChI=1S/C30H40N4O6S/c1-20(19-35)32-41(37,38)24-3-4-25(26(17-24)33-10-8-30(6-7-30)9-11-33)29(36)31-23-15-22-5-13-40-28(22)27(16-23)34-12-14-39-21(2)18-34/h3-4,15-17,20-21,32,35H,5-14,18-19H2,1-2H3,(H,31,36)/t20-,21+/m0/s1. The normalized spacial score (nSPS) is 22.3. The van der Waals surface area contributed by atoms with Gasteiger partial charge in [-0.1, -0.05) is 0 Å². The van der Waals surface area contributed by atoms with Crippen molar-refractivity contribution >= 4 is 33.0 Å². The summed E-state index contributed by atoms with van der Waals surface area (Å²) in [5.74, 6) is 0.590. The molecule has 3 aliphatic heterocycles. The van der Waals surface area contributed by atoms with Gasteiger partial charge in [-0.15, -0.1) is 0 Å². The van der Waals surface area contributed by atoms with Crippen LogP contribution in [0.5, 0.6) is 5.75 Å². The van der Waals surface area contributed by atoms with Crippen LogP contribution in [-0.2, 0) is 21.2 Å². The number of sulfonamides is 1. The monoisotopic (exact) mass is 584 g/mol. The molecule has 2 atom stereocenters. The lowest BCUT2D eigenvalue weighted by atomic mass is 9.93. The van der Waals surface area contributed by atoms with Crippen LogP contribution in [-0.4, -0.2) is 77.6 Å². The molecule has 10 nitrogen and oxygen atoms in total. The number of amides is 1. The first-order chi connectivity index (χ1) is 19.7. The summed E-state index contributed by atoms with van der Waals surface area (Å²) in [6.45, 7) is 7.64. The first-order valence-electron chi connectivity index (χ1n) is 14.7. The molecule has 2 saturated heterocycles. The van der Waals surface area contributed by atoms with Crippen molar-refractivity contribution in [3.63, 3.8) is 0 Å². The quantitative estimate of drug-likeness (QED) is 0.433. The number of rotatable bonds is 8. The van der Waals surface area contributed by atoms with Gasteiger partial charge in [0.05, 0.1) is 47.8 Å². The van der Waals surface area contributed by atoms with Gasteiger partial charge >= 0.3 is 0 Å². The van der Waals surface area contributed by atoms with Crippen LogP contribution in [0.3, 0.4) is 0 Å². The molecule has 6 rings (SSSR count). The molecule has 0 unspecified atom stereocenters. The van der Waals surface area contributed by atoms with Gasteiger partial charge in [0.25, 0.3) is 5.91 Å². The van der Waals surface area contributed by atoms with Gasteiger partial charge in [0.2, 0.25) is 10.0 Å². The smallest absolute Gasteiger partial charge is 0.257 e. The SMILES string of the molecule is C[C@@H]1CN(c2cc(NC(=O)c3ccc(S(=O)(=O)N[C@@H](C)CO)cc3N3CCC4(CC3)CC4)cc3c2OCC3)CCO1. The summed E-state index contributed by atoms with van der Waals surface area (Å²) in [6.07, 6.45) is 5.45. The summed E-state index contributed by atoms with van der Waals surface area (Å²) in [5.41, 5.74) is 4.19. The lowest BCUT2D eigenvalue weighted by Crippen LogP contribution is -2.41. The average molecular weight is 585 g/mol. The third-order valence-corrected chi connectivity index (χ3v) is 10.5. The van der Waals surface area contributed by atoms with E-state index in [4.69, 9.17) is 9.47 Å². The summed E-state index contributed by atoms with van der Waals surface area (Å²) in [6, 6.07) is 7.99. The number of nitrogens with zero attached hydrogens (tertiary/aromatic N) is 2. The molecule has 3 heterocycles. The molecule has 1 aliphatic carbocycles. The Morgan fingerprint density at radius 3 is 2.56 bits per heavy atom. The third kappa shape index (κ3) is 5.90. The molecule has 0 radical (unpaired) electrons. The van der Waals surface area contributed by atoms with E-state index in [1.54, 1.807) is 19.1 Å². The zero-order valence-corrected chi connectivity index (χ0v) is 24.6. The number of morpholine rings is 1. The molecule has 1 saturated carbocycles. The molecule has 4 aliphatic rings. The fourth-order valence-corrected chi connectivity index (χ4v) is 7.49. The van der Waals surface area contributed by atoms with Crippen LogP contribution < -0.4 is 24.6 Å². The van der Waals surface area contributed by atoms with E-state index in [2.05, 4.69) is 26.8 Å². The van der Waals surface area contributed by atoms with Crippen molar-refractivity contribution in [1.29, 1.82) is 0 Å². The number of aliphatic hydroxyl groups is 1. The largest absolute Gasteiger partial charge is 0.491 e. The highest BCUT2D eigenvalue weighted by Crippen LogP contribution is 2.54. The molecule has 3 N–H and O–H groups in total. The lowest BCUT2D eigenvalue weighted by Gasteiger charge is -2.35. The zero-order valence-electron chi connectivity index (χ0n) is 23.8. The van der Waals surface area contributed by atoms with Crippen molar-refractivity contribution in [3.8, 4) is 5.75 Å². The number of aliphatic hydroxyl groups excluding tert-OH is 1. The lowest BCUT2D eigenvalue weighted by molar-refractivity contribution is 0.0530. The molecule has 2 aromatic rings. The number of benzene rings is 2. The van der Waals surface area contributed by atoms with Gasteiger partial charge in [0.15, 0.2) is 0 Å². The number of fused-ring (bicyclic) bond motifs is 1. The Bertz CT molecular complexity index is 1420. The predicted octanol–water partition coefficient (Wildman–Crippen LogP) is 3.14. The summed E-state index contributed by atoms with van der Waals surface area (Å²) in [7, 11) is -3.87. The van der Waals surface area contributed by atoms with Crippen LogP contribution >= 0.6 is 0 Å². The van der Waals surface area contributed by atoms with Crippen molar-refractivity contribution in [2.75, 3.05) is 61.1 Å². The maximum absolute atomic E-state index is 13.8. The van der Waals surface area contributed by atoms with E-state index >= 15 is 0 Å². The van der Waals surface area contributed by atoms with Gasteiger partial charge in [-0.2, -0.15) is 0 Å². The number of carbonyl (C=O) groups excluding carboxylic acids is 1. The predicted molar refractivity (Wildman–Crippen MR) is 158 cm³/mol. The second-order valence-corrected chi connectivity index (χ2v) is 13.7. The van der Waals surface area contributed by atoms with Gasteiger partial charge in [0.1, 0.15) is 5.75 Å². The summed E-state index contributed by atoms with van der Waals surface area (Å²) in [5, 5.41) is 12.5. The summed E-state index contributed by atoms with van der Waals surface area (Å²) < 4.78 is 40.4. The molecule has 11 heteroatoms. The molecular formula is C30H40N4O6S. The van der Waals surface area contributed by atoms with Crippen molar-refractivity contribution < 1.29 is 27.8 Å². The Kier molecular flexibility index (Phi) is 7.65. The maximum atomic E-state index is 13.8. The Balaban J connectivity index is 1.31. The molecule has 2 aromatic carbocycles. The number of carbonyl (C=O) groups is 1. The van der Waals surface area contributed by atoms with Gasteiger partial charge in [-0.05, 0) is 75.3 Å². The van der Waals surface area contributed by atoms with E-state index in [0.29, 0.717) is 35.6 Å². The fourth-order valence-electron chi connectivity index (χ4n) is 6.23. The molecule has 222 valence electrons. The van der Waals surface area contributed by atoms with E-state index in [0.717, 1.165) is 62.4 Å². The van der Waals surface area contributed by atoms with Crippen molar-refractivity contribution in [2.24, 2.45) is 5.41 Å². The number of hydrogen-bond donors (Lipinski definition) is 3. The Hall–Kier alpha value is -2.86. The first-order valence-corrected chi connectivity index (χ1v) is 16.1. The Morgan fingerprint density at radius 1 is 1.07 bits per heavy atom. The van der Waals surface area contributed by atoms with Gasteiger partial charge in [-0.25, -0.2) is 13.1 Å². The van der Waals surface area contributed by atoms with Crippen molar-refractivity contribution in [2.45, 2.75) is 63.0 Å². The van der Waals surface area contributed by atoms with Gasteiger partial charge < -0.3 is 29.7 Å². The van der Waals surface area contributed by atoms with Gasteiger partial charge in [0, 0.05) is 49.9 Å². The van der Waals surface area contributed by atoms with Crippen LogP contribution in [0.15, 0.2) is 35.2 Å². The molecular weight excluding hydrogens is 544 g/mol. The fraction of sp³-hybridized carbons (Fsp3) is 0.567. The number of anilines is 3. The Labute approximate surface area is 242 Å². The minimum atomic E-state index is -3.87. The van der Waals surface area contributed by atoms with E-state index in [-0.39, 0.29) is 23.5 Å². The van der Waals surface area contributed by atoms with Crippen molar-refractivity contribution in [1.82, 2.24) is 4.72 Å². The molecule has 0 bridgehead atoms. The molecule has 0 aromatic heterocycles. The van der Waals surface area contributed by atoms with Crippen molar-refractivity contribution in [3.05, 3.63) is 41.5 Å². The molecule has 41 heavy (non-hydrogen) atoms. The number of piperidine rings is 1. The first kappa shape index (κ1) is 28.3. The van der Waals surface area contributed by atoms with Gasteiger partial charge in [-0.3, -0.25) is 4.79 Å². The number of nitrogens with one attached hydrogen (secondary N) is 2. The minimum Gasteiger partial charge on any atom is -0.491 e. The highest BCUT2D eigenvalue weighted by atomic mass is 32.2. The topological polar surface area (TPSA) is 120 Å². The van der Waals surface area contributed by atoms with Crippen LogP contribution in [0.4, 0.5) is 17.1 Å². The molecule has 3 fully saturated rings. The third-order valence-electron chi connectivity index (χ3n) is 8.88. The number of ether oxygens (including phenoxy) is 2. The van der Waals surface area contributed by atoms with Crippen LogP contribution in [0.1, 0.15) is 55.5 Å². The molecule has 1 spiro atoms. The van der Waals surface area contributed by atoms with E-state index in [1.165, 1.54) is 18.9 Å². The highest BCUT2D eigenvalue weighted by Gasteiger charge is 2.44. The Morgan fingerprint density at radius 2 is 1.85 bits per heavy atom. The summed E-state index contributed by atoms with van der Waals surface area (Å²) >= 11 is 0. The van der Waals surface area contributed by atoms with E-state index in [1.807, 2.05) is 12.1 Å². The second-order valence-electron chi connectivity index (χ2n) is 12.0. The highest BCUT2D eigenvalue weighted by molar-refractivity contribution is 7.89. The average Bonchev–Trinajstić information content (AvgIpc) is 3.53. The van der Waals surface area contributed by atoms with Crippen LogP contribution in [0.2, 0.25) is 0 Å². The van der Waals surface area contributed by atoms with E-state index < -0.39 is 16.1 Å². The maximum Gasteiger partial charge on any atom is 0.257 e. The van der Waals surface area contributed by atoms with Crippen LogP contribution in [0.25, 0.3) is 0 Å². The van der Waals surface area contributed by atoms with E-state index in [9.17, 15) is 18.3 Å². The zero-order chi connectivity index (χ0) is 28.8. The van der Waals surface area contributed by atoms with Crippen LogP contribution in [0, 0.1) is 5.41 Å².